The number of hydrogen-bond acceptors (Lipinski definition) is 3. The Bertz CT molecular complexity index is 371. The molecule has 0 saturated heterocycles. The third-order valence-corrected chi connectivity index (χ3v) is 4.29. The van der Waals surface area contributed by atoms with Crippen molar-refractivity contribution in [3.05, 3.63) is 21.3 Å². The molecule has 1 rings (SSSR count). The van der Waals surface area contributed by atoms with Crippen LogP contribution in [0.5, 0.6) is 0 Å². The van der Waals surface area contributed by atoms with Crippen molar-refractivity contribution in [2.24, 2.45) is 5.14 Å². The lowest BCUT2D eigenvalue weighted by Gasteiger charge is -2.04. The zero-order valence-corrected chi connectivity index (χ0v) is 8.71. The minimum atomic E-state index is -3.49. The molecular formula is C6H8ClNO2S2. The molecule has 1 aromatic rings. The van der Waals surface area contributed by atoms with Crippen LogP contribution in [0.15, 0.2) is 12.1 Å². The van der Waals surface area contributed by atoms with E-state index in [1.54, 1.807) is 12.1 Å². The van der Waals surface area contributed by atoms with Crippen molar-refractivity contribution < 1.29 is 8.42 Å². The van der Waals surface area contributed by atoms with E-state index in [1.807, 2.05) is 0 Å². The van der Waals surface area contributed by atoms with Crippen molar-refractivity contribution in [1.82, 2.24) is 0 Å². The molecule has 0 fully saturated rings. The van der Waals surface area contributed by atoms with Crippen molar-refractivity contribution >= 4 is 33.0 Å². The highest BCUT2D eigenvalue weighted by molar-refractivity contribution is 7.89. The largest absolute Gasteiger partial charge is 0.228 e. The molecule has 68 valence electrons. The second kappa shape index (κ2) is 3.33. The number of halogens is 1. The molecule has 0 radical (unpaired) electrons. The Morgan fingerprint density at radius 2 is 2.17 bits per heavy atom. The van der Waals surface area contributed by atoms with E-state index < -0.39 is 15.3 Å². The predicted molar refractivity (Wildman–Crippen MR) is 50.9 cm³/mol. The van der Waals surface area contributed by atoms with Crippen LogP contribution in [-0.4, -0.2) is 8.42 Å². The summed E-state index contributed by atoms with van der Waals surface area (Å²) in [7, 11) is -3.49. The molecule has 0 aliphatic carbocycles. The van der Waals surface area contributed by atoms with E-state index in [2.05, 4.69) is 0 Å². The Balaban J connectivity index is 3.01. The smallest absolute Gasteiger partial charge is 0.216 e. The van der Waals surface area contributed by atoms with E-state index in [-0.39, 0.29) is 0 Å². The van der Waals surface area contributed by atoms with Gasteiger partial charge in [0.05, 0.1) is 4.34 Å². The lowest BCUT2D eigenvalue weighted by molar-refractivity contribution is 0.588. The maximum absolute atomic E-state index is 10.9. The van der Waals surface area contributed by atoms with Crippen molar-refractivity contribution in [1.29, 1.82) is 0 Å². The molecule has 0 saturated carbocycles. The third-order valence-electron chi connectivity index (χ3n) is 1.49. The van der Waals surface area contributed by atoms with Gasteiger partial charge in [-0.3, -0.25) is 0 Å². The normalized spacial score (nSPS) is 14.6. The van der Waals surface area contributed by atoms with Gasteiger partial charge in [0.2, 0.25) is 10.0 Å². The second-order valence-electron chi connectivity index (χ2n) is 2.37. The molecule has 0 aromatic carbocycles. The van der Waals surface area contributed by atoms with Crippen LogP contribution < -0.4 is 5.14 Å². The molecule has 3 nitrogen and oxygen atoms in total. The molecule has 0 amide bonds. The van der Waals surface area contributed by atoms with E-state index in [1.165, 1.54) is 18.3 Å². The van der Waals surface area contributed by atoms with Gasteiger partial charge in [-0.15, -0.1) is 11.3 Å². The minimum absolute atomic E-state index is 0.570. The van der Waals surface area contributed by atoms with Gasteiger partial charge in [0.25, 0.3) is 0 Å². The van der Waals surface area contributed by atoms with Gasteiger partial charge in [-0.25, -0.2) is 13.6 Å². The van der Waals surface area contributed by atoms with Crippen LogP contribution in [0.3, 0.4) is 0 Å². The summed E-state index contributed by atoms with van der Waals surface area (Å²) in [5.74, 6) is 0. The number of primary sulfonamides is 1. The maximum atomic E-state index is 10.9. The van der Waals surface area contributed by atoms with Gasteiger partial charge in [0.1, 0.15) is 5.25 Å². The van der Waals surface area contributed by atoms with Crippen molar-refractivity contribution in [2.45, 2.75) is 12.2 Å². The second-order valence-corrected chi connectivity index (χ2v) is 6.00. The maximum Gasteiger partial charge on any atom is 0.216 e. The summed E-state index contributed by atoms with van der Waals surface area (Å²) in [6, 6.07) is 3.32. The van der Waals surface area contributed by atoms with Crippen molar-refractivity contribution in [3.63, 3.8) is 0 Å². The van der Waals surface area contributed by atoms with Crippen LogP contribution in [-0.2, 0) is 10.0 Å². The highest BCUT2D eigenvalue weighted by atomic mass is 35.5. The van der Waals surface area contributed by atoms with E-state index in [9.17, 15) is 8.42 Å². The van der Waals surface area contributed by atoms with Crippen LogP contribution in [0.4, 0.5) is 0 Å². The molecular weight excluding hydrogens is 218 g/mol. The van der Waals surface area contributed by atoms with Gasteiger partial charge in [0.15, 0.2) is 0 Å². The van der Waals surface area contributed by atoms with Crippen molar-refractivity contribution in [3.8, 4) is 0 Å². The van der Waals surface area contributed by atoms with Crippen LogP contribution in [0.1, 0.15) is 17.1 Å². The number of rotatable bonds is 2. The quantitative estimate of drug-likeness (QED) is 0.834. The van der Waals surface area contributed by atoms with Gasteiger partial charge in [-0.1, -0.05) is 11.6 Å². The minimum Gasteiger partial charge on any atom is -0.228 e. The molecule has 0 spiro atoms. The van der Waals surface area contributed by atoms with Gasteiger partial charge >= 0.3 is 0 Å². The summed E-state index contributed by atoms with van der Waals surface area (Å²) >= 11 is 6.87. The average Bonchev–Trinajstić information content (AvgIpc) is 2.32. The Hall–Kier alpha value is -0.100. The highest BCUT2D eigenvalue weighted by Gasteiger charge is 2.19. The molecule has 12 heavy (non-hydrogen) atoms. The molecule has 1 heterocycles. The standard InChI is InChI=1S/C6H8ClNO2S2/c1-4(12(8,9)10)5-2-3-6(7)11-5/h2-4H,1H3,(H2,8,9,10). The SMILES string of the molecule is CC(c1ccc(Cl)s1)S(N)(=O)=O. The fourth-order valence-electron chi connectivity index (χ4n) is 0.709. The number of thiophene rings is 1. The third kappa shape index (κ3) is 2.20. The molecule has 0 aliphatic heterocycles. The Kier molecular flexibility index (Phi) is 2.77. The van der Waals surface area contributed by atoms with Crippen molar-refractivity contribution in [2.75, 3.05) is 0 Å². The van der Waals surface area contributed by atoms with Gasteiger partial charge in [-0.2, -0.15) is 0 Å². The Labute approximate surface area is 80.2 Å². The van der Waals surface area contributed by atoms with E-state index >= 15 is 0 Å². The molecule has 1 atom stereocenters. The van der Waals surface area contributed by atoms with Gasteiger partial charge < -0.3 is 0 Å². The monoisotopic (exact) mass is 225 g/mol. The zero-order chi connectivity index (χ0) is 9.35. The fraction of sp³-hybridized carbons (Fsp3) is 0.333. The lowest BCUT2D eigenvalue weighted by atomic mass is 10.4. The molecule has 1 aromatic heterocycles. The molecule has 0 aliphatic rings. The number of sulfonamides is 1. The van der Waals surface area contributed by atoms with Crippen LogP contribution in [0, 0.1) is 0 Å². The highest BCUT2D eigenvalue weighted by Crippen LogP contribution is 2.29. The summed E-state index contributed by atoms with van der Waals surface area (Å²) in [4.78, 5) is 0.669. The van der Waals surface area contributed by atoms with Gasteiger partial charge in [0, 0.05) is 4.88 Å². The summed E-state index contributed by atoms with van der Waals surface area (Å²) in [5.41, 5.74) is 0. The first-order chi connectivity index (χ1) is 5.41. The van der Waals surface area contributed by atoms with Gasteiger partial charge in [-0.05, 0) is 19.1 Å². The summed E-state index contributed by atoms with van der Waals surface area (Å²) < 4.78 is 22.3. The lowest BCUT2D eigenvalue weighted by Crippen LogP contribution is -2.18. The summed E-state index contributed by atoms with van der Waals surface area (Å²) in [6.45, 7) is 1.54. The molecule has 6 heteroatoms. The summed E-state index contributed by atoms with van der Waals surface area (Å²) in [5, 5.41) is 4.28. The first-order valence-electron chi connectivity index (χ1n) is 3.18. The predicted octanol–water partition coefficient (Wildman–Crippen LogP) is 1.75. The fourth-order valence-corrected chi connectivity index (χ4v) is 2.65. The van der Waals surface area contributed by atoms with E-state index in [4.69, 9.17) is 16.7 Å². The number of nitrogens with two attached hydrogens (primary N) is 1. The average molecular weight is 226 g/mol. The molecule has 0 bridgehead atoms. The van der Waals surface area contributed by atoms with Crippen LogP contribution >= 0.6 is 22.9 Å². The Morgan fingerprint density at radius 3 is 2.50 bits per heavy atom. The molecule has 1 unspecified atom stereocenters. The van der Waals surface area contributed by atoms with Crippen LogP contribution in [0.2, 0.25) is 4.34 Å². The first-order valence-corrected chi connectivity index (χ1v) is 5.98. The first kappa shape index (κ1) is 9.98. The van der Waals surface area contributed by atoms with E-state index in [0.717, 1.165) is 0 Å². The Morgan fingerprint density at radius 1 is 1.58 bits per heavy atom. The molecule has 2 N–H and O–H groups in total. The summed E-state index contributed by atoms with van der Waals surface area (Å²) in [6.07, 6.45) is 0. The number of hydrogen-bond donors (Lipinski definition) is 1. The van der Waals surface area contributed by atoms with E-state index in [0.29, 0.717) is 9.21 Å². The van der Waals surface area contributed by atoms with Crippen LogP contribution in [0.25, 0.3) is 0 Å². The zero-order valence-electron chi connectivity index (χ0n) is 6.32. The topological polar surface area (TPSA) is 60.2 Å².